The van der Waals surface area contributed by atoms with E-state index < -0.39 is 0 Å². The lowest BCUT2D eigenvalue weighted by atomic mass is 10.00. The molecule has 112 valence electrons. The first-order chi connectivity index (χ1) is 10.2. The molecule has 0 aliphatic carbocycles. The Kier molecular flexibility index (Phi) is 6.06. The van der Waals surface area contributed by atoms with Crippen LogP contribution in [0.25, 0.3) is 0 Å². The minimum atomic E-state index is 0.319. The molecule has 1 aromatic heterocycles. The summed E-state index contributed by atoms with van der Waals surface area (Å²) in [5.41, 5.74) is 3.33. The van der Waals surface area contributed by atoms with E-state index in [-0.39, 0.29) is 0 Å². The lowest BCUT2D eigenvalue weighted by molar-refractivity contribution is 0.606. The first-order valence-corrected chi connectivity index (χ1v) is 8.03. The summed E-state index contributed by atoms with van der Waals surface area (Å²) < 4.78 is 0. The number of hydrogen-bond donors (Lipinski definition) is 1. The van der Waals surface area contributed by atoms with Crippen LogP contribution < -0.4 is 5.32 Å². The summed E-state index contributed by atoms with van der Waals surface area (Å²) in [7, 11) is 0. The van der Waals surface area contributed by atoms with Crippen LogP contribution in [0.3, 0.4) is 0 Å². The molecule has 1 heterocycles. The van der Waals surface area contributed by atoms with Crippen LogP contribution >= 0.6 is 11.6 Å². The van der Waals surface area contributed by atoms with Crippen LogP contribution in [0.4, 0.5) is 5.69 Å². The van der Waals surface area contributed by atoms with Crippen molar-refractivity contribution in [2.45, 2.75) is 45.6 Å². The molecule has 3 heteroatoms. The minimum absolute atomic E-state index is 0.319. The maximum Gasteiger partial charge on any atom is 0.129 e. The van der Waals surface area contributed by atoms with Crippen LogP contribution in [0.1, 0.15) is 49.9 Å². The molecule has 0 saturated carbocycles. The molecule has 2 rings (SSSR count). The van der Waals surface area contributed by atoms with Gasteiger partial charge in [0.05, 0.1) is 17.4 Å². The number of anilines is 1. The third kappa shape index (κ3) is 4.75. The number of hydrogen-bond acceptors (Lipinski definition) is 2. The second kappa shape index (κ2) is 8.04. The summed E-state index contributed by atoms with van der Waals surface area (Å²) in [4.78, 5) is 4.32. The molecule has 1 atom stereocenters. The summed E-state index contributed by atoms with van der Waals surface area (Å²) in [6, 6.07) is 14.8. The zero-order chi connectivity index (χ0) is 15.1. The van der Waals surface area contributed by atoms with Gasteiger partial charge in [0, 0.05) is 0 Å². The normalized spacial score (nSPS) is 12.1. The van der Waals surface area contributed by atoms with Crippen molar-refractivity contribution in [3.8, 4) is 0 Å². The van der Waals surface area contributed by atoms with E-state index in [2.05, 4.69) is 47.6 Å². The minimum Gasteiger partial charge on any atom is -0.377 e. The Labute approximate surface area is 132 Å². The van der Waals surface area contributed by atoms with Crippen molar-refractivity contribution in [3.05, 3.63) is 58.9 Å². The van der Waals surface area contributed by atoms with E-state index in [0.717, 1.165) is 17.8 Å². The fourth-order valence-electron chi connectivity index (χ4n) is 2.48. The molecule has 0 amide bonds. The lowest BCUT2D eigenvalue weighted by Gasteiger charge is -2.21. The Morgan fingerprint density at radius 2 is 1.86 bits per heavy atom. The number of aromatic nitrogens is 1. The summed E-state index contributed by atoms with van der Waals surface area (Å²) in [5, 5.41) is 4.17. The molecule has 2 nitrogen and oxygen atoms in total. The van der Waals surface area contributed by atoms with Gasteiger partial charge in [-0.2, -0.15) is 0 Å². The smallest absolute Gasteiger partial charge is 0.129 e. The van der Waals surface area contributed by atoms with Crippen LogP contribution in [0, 0.1) is 6.92 Å². The fraction of sp³-hybridized carbons (Fsp3) is 0.389. The summed E-state index contributed by atoms with van der Waals surface area (Å²) in [5.74, 6) is 0. The van der Waals surface area contributed by atoms with Crippen LogP contribution in [-0.2, 0) is 0 Å². The Hall–Kier alpha value is -1.54. The van der Waals surface area contributed by atoms with E-state index in [1.807, 2.05) is 19.1 Å². The lowest BCUT2D eigenvalue weighted by Crippen LogP contribution is -2.12. The van der Waals surface area contributed by atoms with Crippen LogP contribution in [0.5, 0.6) is 0 Å². The van der Waals surface area contributed by atoms with Crippen molar-refractivity contribution in [2.24, 2.45) is 0 Å². The third-order valence-electron chi connectivity index (χ3n) is 3.68. The Morgan fingerprint density at radius 3 is 2.52 bits per heavy atom. The maximum absolute atomic E-state index is 5.93. The average Bonchev–Trinajstić information content (AvgIpc) is 2.49. The van der Waals surface area contributed by atoms with Gasteiger partial charge in [-0.25, -0.2) is 4.98 Å². The van der Waals surface area contributed by atoms with Gasteiger partial charge in [-0.3, -0.25) is 0 Å². The van der Waals surface area contributed by atoms with Crippen LogP contribution in [0.2, 0.25) is 5.15 Å². The van der Waals surface area contributed by atoms with E-state index >= 15 is 0 Å². The van der Waals surface area contributed by atoms with E-state index in [0.29, 0.717) is 11.2 Å². The molecule has 0 aliphatic rings. The van der Waals surface area contributed by atoms with Gasteiger partial charge < -0.3 is 5.32 Å². The molecule has 0 radical (unpaired) electrons. The number of nitrogens with zero attached hydrogens (tertiary/aromatic N) is 1. The van der Waals surface area contributed by atoms with Gasteiger partial charge in [-0.15, -0.1) is 0 Å². The highest BCUT2D eigenvalue weighted by molar-refractivity contribution is 6.29. The van der Waals surface area contributed by atoms with E-state index in [9.17, 15) is 0 Å². The molecular formula is C18H23ClN2. The Morgan fingerprint density at radius 1 is 1.10 bits per heavy atom. The molecule has 21 heavy (non-hydrogen) atoms. The summed E-state index contributed by atoms with van der Waals surface area (Å²) in [6.45, 7) is 4.22. The number of unbranched alkanes of at least 4 members (excludes halogenated alkanes) is 2. The fourth-order valence-corrected chi connectivity index (χ4v) is 2.67. The number of aryl methyl sites for hydroxylation is 1. The standard InChI is InChI=1S/C18H23ClN2/c1-3-4-6-11-17(15-9-7-5-8-10-15)21-16-12-13-18(19)20-14(16)2/h5,7-10,12-13,17,21H,3-4,6,11H2,1-2H3. The largest absolute Gasteiger partial charge is 0.377 e. The highest BCUT2D eigenvalue weighted by Crippen LogP contribution is 2.26. The zero-order valence-corrected chi connectivity index (χ0v) is 13.5. The van der Waals surface area contributed by atoms with Crippen molar-refractivity contribution < 1.29 is 0 Å². The second-order valence-corrected chi connectivity index (χ2v) is 5.76. The predicted octanol–water partition coefficient (Wildman–Crippen LogP) is 5.78. The van der Waals surface area contributed by atoms with Crippen molar-refractivity contribution in [1.82, 2.24) is 4.98 Å². The summed E-state index contributed by atoms with van der Waals surface area (Å²) in [6.07, 6.45) is 4.86. The molecule has 0 spiro atoms. The molecule has 0 bridgehead atoms. The molecule has 0 aliphatic heterocycles. The average molecular weight is 303 g/mol. The Bertz CT molecular complexity index is 554. The molecule has 0 fully saturated rings. The van der Waals surface area contributed by atoms with Crippen molar-refractivity contribution in [1.29, 1.82) is 0 Å². The monoisotopic (exact) mass is 302 g/mol. The van der Waals surface area contributed by atoms with Gasteiger partial charge in [0.25, 0.3) is 0 Å². The number of benzene rings is 1. The summed E-state index contributed by atoms with van der Waals surface area (Å²) >= 11 is 5.93. The van der Waals surface area contributed by atoms with Gasteiger partial charge in [-0.05, 0) is 31.0 Å². The van der Waals surface area contributed by atoms with Crippen molar-refractivity contribution >= 4 is 17.3 Å². The molecule has 2 aromatic rings. The number of rotatable bonds is 7. The maximum atomic E-state index is 5.93. The van der Waals surface area contributed by atoms with Gasteiger partial charge in [0.2, 0.25) is 0 Å². The van der Waals surface area contributed by atoms with Gasteiger partial charge in [0.15, 0.2) is 0 Å². The zero-order valence-electron chi connectivity index (χ0n) is 12.8. The van der Waals surface area contributed by atoms with E-state index in [4.69, 9.17) is 11.6 Å². The molecule has 0 saturated heterocycles. The van der Waals surface area contributed by atoms with Gasteiger partial charge in [-0.1, -0.05) is 68.1 Å². The Balaban J connectivity index is 2.15. The molecular weight excluding hydrogens is 280 g/mol. The predicted molar refractivity (Wildman–Crippen MR) is 90.9 cm³/mol. The highest BCUT2D eigenvalue weighted by Gasteiger charge is 2.12. The SMILES string of the molecule is CCCCCC(Nc1ccc(Cl)nc1C)c1ccccc1. The number of halogens is 1. The van der Waals surface area contributed by atoms with Gasteiger partial charge in [0.1, 0.15) is 5.15 Å². The molecule has 1 N–H and O–H groups in total. The molecule has 1 unspecified atom stereocenters. The topological polar surface area (TPSA) is 24.9 Å². The van der Waals surface area contributed by atoms with Crippen LogP contribution in [-0.4, -0.2) is 4.98 Å². The second-order valence-electron chi connectivity index (χ2n) is 5.37. The number of nitrogens with one attached hydrogen (secondary N) is 1. The van der Waals surface area contributed by atoms with E-state index in [1.54, 1.807) is 0 Å². The van der Waals surface area contributed by atoms with Crippen molar-refractivity contribution in [2.75, 3.05) is 5.32 Å². The first kappa shape index (κ1) is 15.8. The third-order valence-corrected chi connectivity index (χ3v) is 3.89. The number of pyridine rings is 1. The highest BCUT2D eigenvalue weighted by atomic mass is 35.5. The first-order valence-electron chi connectivity index (χ1n) is 7.65. The van der Waals surface area contributed by atoms with E-state index in [1.165, 1.54) is 24.8 Å². The van der Waals surface area contributed by atoms with Crippen molar-refractivity contribution in [3.63, 3.8) is 0 Å². The quantitative estimate of drug-likeness (QED) is 0.518. The van der Waals surface area contributed by atoms with Gasteiger partial charge >= 0.3 is 0 Å². The van der Waals surface area contributed by atoms with Crippen LogP contribution in [0.15, 0.2) is 42.5 Å². The molecule has 1 aromatic carbocycles.